The second kappa shape index (κ2) is 6.72. The number of esters is 1. The topological polar surface area (TPSA) is 26.3 Å². The Morgan fingerprint density at radius 3 is 2.54 bits per heavy atom. The van der Waals surface area contributed by atoms with E-state index in [0.717, 1.165) is 12.0 Å². The van der Waals surface area contributed by atoms with Gasteiger partial charge in [0.05, 0.1) is 13.5 Å². The summed E-state index contributed by atoms with van der Waals surface area (Å²) in [5.41, 5.74) is 1.04. The molecule has 0 aliphatic heterocycles. The fourth-order valence-electron chi connectivity index (χ4n) is 0.889. The number of halogens is 1. The van der Waals surface area contributed by atoms with Gasteiger partial charge < -0.3 is 4.74 Å². The summed E-state index contributed by atoms with van der Waals surface area (Å²) in [7, 11) is 1.39. The van der Waals surface area contributed by atoms with Crippen LogP contribution in [-0.4, -0.2) is 13.1 Å². The minimum Gasteiger partial charge on any atom is -0.469 e. The van der Waals surface area contributed by atoms with Gasteiger partial charge in [-0.1, -0.05) is 29.8 Å². The van der Waals surface area contributed by atoms with Gasteiger partial charge in [0.1, 0.15) is 0 Å². The zero-order valence-electron chi connectivity index (χ0n) is 8.10. The molecule has 0 amide bonds. The average molecular weight is 203 g/mol. The molecule has 0 unspecified atom stereocenters. The molecule has 0 rings (SSSR count). The van der Waals surface area contributed by atoms with Crippen LogP contribution in [0.3, 0.4) is 0 Å². The van der Waals surface area contributed by atoms with Crippen molar-refractivity contribution in [3.8, 4) is 0 Å². The summed E-state index contributed by atoms with van der Waals surface area (Å²) >= 11 is 5.61. The molecular formula is C10H15ClO2. The number of allylic oxidation sites excluding steroid dienone is 2. The van der Waals surface area contributed by atoms with Crippen LogP contribution >= 0.6 is 11.6 Å². The van der Waals surface area contributed by atoms with Gasteiger partial charge in [-0.3, -0.25) is 4.79 Å². The molecule has 0 bridgehead atoms. The number of methoxy groups -OCH3 is 1. The van der Waals surface area contributed by atoms with Crippen LogP contribution in [0.25, 0.3) is 0 Å². The smallest absolute Gasteiger partial charge is 0.309 e. The van der Waals surface area contributed by atoms with E-state index >= 15 is 0 Å². The largest absolute Gasteiger partial charge is 0.469 e. The lowest BCUT2D eigenvalue weighted by atomic mass is 10.1. The van der Waals surface area contributed by atoms with E-state index in [0.29, 0.717) is 17.9 Å². The third kappa shape index (κ3) is 6.41. The summed E-state index contributed by atoms with van der Waals surface area (Å²) in [5, 5.41) is 0.615. The highest BCUT2D eigenvalue weighted by Crippen LogP contribution is 2.16. The Morgan fingerprint density at radius 1 is 1.54 bits per heavy atom. The number of hydrogen-bond donors (Lipinski definition) is 0. The van der Waals surface area contributed by atoms with E-state index in [-0.39, 0.29) is 5.97 Å². The van der Waals surface area contributed by atoms with E-state index in [1.54, 1.807) is 0 Å². The highest BCUT2D eigenvalue weighted by atomic mass is 35.5. The maximum absolute atomic E-state index is 10.9. The van der Waals surface area contributed by atoms with Crippen molar-refractivity contribution in [2.24, 2.45) is 0 Å². The number of carbonyl (C=O) groups is 1. The molecule has 0 aliphatic rings. The summed E-state index contributed by atoms with van der Waals surface area (Å²) in [6.07, 6.45) is 3.74. The van der Waals surface area contributed by atoms with E-state index < -0.39 is 0 Å². The predicted molar refractivity (Wildman–Crippen MR) is 54.6 cm³/mol. The van der Waals surface area contributed by atoms with Gasteiger partial charge in [0.25, 0.3) is 0 Å². The van der Waals surface area contributed by atoms with Crippen molar-refractivity contribution in [3.63, 3.8) is 0 Å². The van der Waals surface area contributed by atoms with Crippen LogP contribution < -0.4 is 0 Å². The van der Waals surface area contributed by atoms with Crippen molar-refractivity contribution in [2.45, 2.75) is 26.2 Å². The molecule has 0 aromatic heterocycles. The molecule has 13 heavy (non-hydrogen) atoms. The third-order valence-electron chi connectivity index (χ3n) is 1.72. The lowest BCUT2D eigenvalue weighted by molar-refractivity contribution is -0.139. The van der Waals surface area contributed by atoms with Crippen molar-refractivity contribution in [1.82, 2.24) is 0 Å². The molecule has 0 aliphatic carbocycles. The van der Waals surface area contributed by atoms with Crippen LogP contribution in [0.5, 0.6) is 0 Å². The first-order valence-corrected chi connectivity index (χ1v) is 4.52. The lowest BCUT2D eigenvalue weighted by Crippen LogP contribution is -2.01. The molecule has 0 heterocycles. The summed E-state index contributed by atoms with van der Waals surface area (Å²) < 4.78 is 4.55. The van der Waals surface area contributed by atoms with Crippen molar-refractivity contribution < 1.29 is 9.53 Å². The number of carbonyl (C=O) groups excluding carboxylic acids is 1. The highest BCUT2D eigenvalue weighted by molar-refractivity contribution is 6.29. The van der Waals surface area contributed by atoms with Crippen LogP contribution in [-0.2, 0) is 9.53 Å². The zero-order valence-corrected chi connectivity index (χ0v) is 8.86. The molecule has 0 fully saturated rings. The number of hydrogen-bond acceptors (Lipinski definition) is 2. The Morgan fingerprint density at radius 2 is 2.15 bits per heavy atom. The van der Waals surface area contributed by atoms with Crippen LogP contribution in [0.15, 0.2) is 23.3 Å². The number of ether oxygens (including phenoxy) is 1. The van der Waals surface area contributed by atoms with E-state index in [9.17, 15) is 4.79 Å². The summed E-state index contributed by atoms with van der Waals surface area (Å²) in [6, 6.07) is 0. The van der Waals surface area contributed by atoms with Gasteiger partial charge in [-0.25, -0.2) is 0 Å². The first-order chi connectivity index (χ1) is 6.10. The SMILES string of the molecule is C=C(Cl)CCC(=CC)CC(=O)OC. The summed E-state index contributed by atoms with van der Waals surface area (Å²) in [4.78, 5) is 10.9. The van der Waals surface area contributed by atoms with Crippen molar-refractivity contribution in [2.75, 3.05) is 7.11 Å². The predicted octanol–water partition coefficient (Wildman–Crippen LogP) is 3.03. The van der Waals surface area contributed by atoms with Crippen LogP contribution in [0.2, 0.25) is 0 Å². The average Bonchev–Trinajstić information content (AvgIpc) is 2.11. The van der Waals surface area contributed by atoms with Crippen LogP contribution in [0.1, 0.15) is 26.2 Å². The fourth-order valence-corrected chi connectivity index (χ4v) is 0.983. The molecule has 0 saturated carbocycles. The molecule has 0 spiro atoms. The molecule has 0 aromatic rings. The molecule has 0 aromatic carbocycles. The zero-order chi connectivity index (χ0) is 10.3. The van der Waals surface area contributed by atoms with Gasteiger partial charge in [0.2, 0.25) is 0 Å². The van der Waals surface area contributed by atoms with E-state index in [4.69, 9.17) is 11.6 Å². The molecule has 0 radical (unpaired) electrons. The molecular weight excluding hydrogens is 188 g/mol. The normalized spacial score (nSPS) is 11.2. The maximum Gasteiger partial charge on any atom is 0.309 e. The molecule has 3 heteroatoms. The second-order valence-corrected chi connectivity index (χ2v) is 3.25. The summed E-state index contributed by atoms with van der Waals surface area (Å²) in [5.74, 6) is -0.215. The Labute approximate surface area is 84.2 Å². The Kier molecular flexibility index (Phi) is 6.33. The van der Waals surface area contributed by atoms with Crippen molar-refractivity contribution in [1.29, 1.82) is 0 Å². The minimum absolute atomic E-state index is 0.215. The number of rotatable bonds is 5. The molecule has 0 saturated heterocycles. The van der Waals surface area contributed by atoms with E-state index in [1.165, 1.54) is 7.11 Å². The van der Waals surface area contributed by atoms with Gasteiger partial charge in [0.15, 0.2) is 0 Å². The van der Waals surface area contributed by atoms with E-state index in [2.05, 4.69) is 11.3 Å². The maximum atomic E-state index is 10.9. The van der Waals surface area contributed by atoms with Crippen LogP contribution in [0.4, 0.5) is 0 Å². The van der Waals surface area contributed by atoms with Crippen molar-refractivity contribution >= 4 is 17.6 Å². The minimum atomic E-state index is -0.215. The Balaban J connectivity index is 3.91. The monoisotopic (exact) mass is 202 g/mol. The van der Waals surface area contributed by atoms with Gasteiger partial charge in [0, 0.05) is 5.03 Å². The van der Waals surface area contributed by atoms with E-state index in [1.807, 2.05) is 13.0 Å². The Bertz CT molecular complexity index is 219. The lowest BCUT2D eigenvalue weighted by Gasteiger charge is -2.04. The molecule has 2 nitrogen and oxygen atoms in total. The first-order valence-electron chi connectivity index (χ1n) is 4.14. The van der Waals surface area contributed by atoms with Gasteiger partial charge in [-0.05, 0) is 19.8 Å². The first kappa shape index (κ1) is 12.2. The second-order valence-electron chi connectivity index (χ2n) is 2.72. The highest BCUT2D eigenvalue weighted by Gasteiger charge is 2.04. The van der Waals surface area contributed by atoms with Crippen molar-refractivity contribution in [3.05, 3.63) is 23.3 Å². The van der Waals surface area contributed by atoms with Crippen LogP contribution in [0, 0.1) is 0 Å². The molecule has 0 N–H and O–H groups in total. The third-order valence-corrected chi connectivity index (χ3v) is 1.91. The molecule has 74 valence electrons. The Hall–Kier alpha value is -0.760. The molecule has 0 atom stereocenters. The van der Waals surface area contributed by atoms with Gasteiger partial charge in [-0.2, -0.15) is 0 Å². The standard InChI is InChI=1S/C10H15ClO2/c1-4-9(6-5-8(2)11)7-10(12)13-3/h4H,2,5-7H2,1,3H3. The van der Waals surface area contributed by atoms with Gasteiger partial charge in [-0.15, -0.1) is 0 Å². The van der Waals surface area contributed by atoms with Gasteiger partial charge >= 0.3 is 5.97 Å². The quantitative estimate of drug-likeness (QED) is 0.506. The summed E-state index contributed by atoms with van der Waals surface area (Å²) in [6.45, 7) is 5.48. The fraction of sp³-hybridized carbons (Fsp3) is 0.500.